The first-order chi connectivity index (χ1) is 8.28. The van der Waals surface area contributed by atoms with Crippen molar-refractivity contribution in [3.63, 3.8) is 0 Å². The molecule has 92 valence electrons. The SMILES string of the molecule is O=C(CC1CNC1)NCc1cccc(CO)c1. The summed E-state index contributed by atoms with van der Waals surface area (Å²) in [6.07, 6.45) is 0.604. The average molecular weight is 234 g/mol. The Hall–Kier alpha value is -1.39. The molecule has 1 aromatic carbocycles. The predicted octanol–water partition coefficient (Wildman–Crippen LogP) is 0.405. The molecule has 1 heterocycles. The van der Waals surface area contributed by atoms with Crippen LogP contribution in [0.5, 0.6) is 0 Å². The molecule has 0 saturated carbocycles. The second-order valence-corrected chi connectivity index (χ2v) is 4.48. The van der Waals surface area contributed by atoms with E-state index in [1.165, 1.54) is 0 Å². The van der Waals surface area contributed by atoms with Crippen molar-refractivity contribution in [2.24, 2.45) is 5.92 Å². The van der Waals surface area contributed by atoms with Crippen molar-refractivity contribution >= 4 is 5.91 Å². The predicted molar refractivity (Wildman–Crippen MR) is 65.2 cm³/mol. The van der Waals surface area contributed by atoms with Gasteiger partial charge in [0.2, 0.25) is 5.91 Å². The molecule has 0 aliphatic carbocycles. The van der Waals surface area contributed by atoms with Crippen LogP contribution in [0.4, 0.5) is 0 Å². The standard InChI is InChI=1S/C13H18N2O2/c16-9-11-3-1-2-10(4-11)8-15-13(17)5-12-6-14-7-12/h1-4,12,14,16H,5-9H2,(H,15,17). The number of aliphatic hydroxyl groups excluding tert-OH is 1. The molecule has 4 nitrogen and oxygen atoms in total. The Balaban J connectivity index is 1.77. The largest absolute Gasteiger partial charge is 0.392 e. The van der Waals surface area contributed by atoms with E-state index in [9.17, 15) is 4.79 Å². The van der Waals surface area contributed by atoms with Crippen LogP contribution < -0.4 is 10.6 Å². The van der Waals surface area contributed by atoms with Gasteiger partial charge in [-0.05, 0) is 30.1 Å². The van der Waals surface area contributed by atoms with Crippen LogP contribution in [0.3, 0.4) is 0 Å². The molecule has 1 saturated heterocycles. The molecular weight excluding hydrogens is 216 g/mol. The lowest BCUT2D eigenvalue weighted by Gasteiger charge is -2.26. The summed E-state index contributed by atoms with van der Waals surface area (Å²) in [6.45, 7) is 2.48. The Morgan fingerprint density at radius 1 is 1.41 bits per heavy atom. The lowest BCUT2D eigenvalue weighted by atomic mass is 9.99. The van der Waals surface area contributed by atoms with Crippen LogP contribution >= 0.6 is 0 Å². The third kappa shape index (κ3) is 3.54. The number of carbonyl (C=O) groups excluding carboxylic acids is 1. The highest BCUT2D eigenvalue weighted by molar-refractivity contribution is 5.76. The minimum absolute atomic E-state index is 0.0372. The summed E-state index contributed by atoms with van der Waals surface area (Å²) in [4.78, 5) is 11.6. The van der Waals surface area contributed by atoms with Gasteiger partial charge in [0.1, 0.15) is 0 Å². The number of hydrogen-bond acceptors (Lipinski definition) is 3. The van der Waals surface area contributed by atoms with Gasteiger partial charge < -0.3 is 15.7 Å². The number of hydrogen-bond donors (Lipinski definition) is 3. The smallest absolute Gasteiger partial charge is 0.220 e. The van der Waals surface area contributed by atoms with Crippen molar-refractivity contribution in [3.8, 4) is 0 Å². The van der Waals surface area contributed by atoms with E-state index in [2.05, 4.69) is 10.6 Å². The van der Waals surface area contributed by atoms with E-state index < -0.39 is 0 Å². The second kappa shape index (κ2) is 5.80. The molecule has 0 spiro atoms. The van der Waals surface area contributed by atoms with Gasteiger partial charge in [-0.2, -0.15) is 0 Å². The third-order valence-corrected chi connectivity index (χ3v) is 3.00. The van der Waals surface area contributed by atoms with Crippen molar-refractivity contribution in [1.82, 2.24) is 10.6 Å². The van der Waals surface area contributed by atoms with E-state index in [0.717, 1.165) is 24.2 Å². The van der Waals surface area contributed by atoms with Gasteiger partial charge >= 0.3 is 0 Å². The van der Waals surface area contributed by atoms with Crippen LogP contribution in [0, 0.1) is 5.92 Å². The number of carbonyl (C=O) groups is 1. The van der Waals surface area contributed by atoms with Gasteiger partial charge in [-0.25, -0.2) is 0 Å². The maximum absolute atomic E-state index is 11.6. The number of rotatable bonds is 5. The zero-order valence-corrected chi connectivity index (χ0v) is 9.78. The molecular formula is C13H18N2O2. The summed E-state index contributed by atoms with van der Waals surface area (Å²) >= 11 is 0. The Labute approximate surface area is 101 Å². The fourth-order valence-electron chi connectivity index (χ4n) is 1.87. The van der Waals surface area contributed by atoms with E-state index in [1.54, 1.807) is 0 Å². The summed E-state index contributed by atoms with van der Waals surface area (Å²) in [5.41, 5.74) is 1.90. The second-order valence-electron chi connectivity index (χ2n) is 4.48. The van der Waals surface area contributed by atoms with E-state index in [4.69, 9.17) is 5.11 Å². The first-order valence-electron chi connectivity index (χ1n) is 5.94. The Morgan fingerprint density at radius 2 is 2.18 bits per heavy atom. The highest BCUT2D eigenvalue weighted by atomic mass is 16.3. The molecule has 1 aliphatic heterocycles. The van der Waals surface area contributed by atoms with Gasteiger partial charge in [0, 0.05) is 13.0 Å². The highest BCUT2D eigenvalue weighted by Crippen LogP contribution is 2.08. The molecule has 0 atom stereocenters. The Kier molecular flexibility index (Phi) is 4.12. The monoisotopic (exact) mass is 234 g/mol. The van der Waals surface area contributed by atoms with Crippen LogP contribution in [0.15, 0.2) is 24.3 Å². The molecule has 3 N–H and O–H groups in total. The lowest BCUT2D eigenvalue weighted by Crippen LogP contribution is -2.44. The van der Waals surface area contributed by atoms with E-state index in [-0.39, 0.29) is 12.5 Å². The van der Waals surface area contributed by atoms with Gasteiger partial charge in [0.05, 0.1) is 6.61 Å². The Bertz CT molecular complexity index is 389. The minimum Gasteiger partial charge on any atom is -0.392 e. The molecule has 17 heavy (non-hydrogen) atoms. The molecule has 1 fully saturated rings. The van der Waals surface area contributed by atoms with Crippen LogP contribution in [0.25, 0.3) is 0 Å². The molecule has 4 heteroatoms. The van der Waals surface area contributed by atoms with E-state index in [0.29, 0.717) is 18.9 Å². The quantitative estimate of drug-likeness (QED) is 0.691. The topological polar surface area (TPSA) is 61.4 Å². The maximum Gasteiger partial charge on any atom is 0.220 e. The van der Waals surface area contributed by atoms with Crippen molar-refractivity contribution in [3.05, 3.63) is 35.4 Å². The highest BCUT2D eigenvalue weighted by Gasteiger charge is 2.19. The lowest BCUT2D eigenvalue weighted by molar-refractivity contribution is -0.122. The molecule has 1 aliphatic rings. The molecule has 1 amide bonds. The van der Waals surface area contributed by atoms with Crippen LogP contribution in [-0.2, 0) is 17.9 Å². The van der Waals surface area contributed by atoms with Crippen LogP contribution in [-0.4, -0.2) is 24.1 Å². The molecule has 2 rings (SSSR count). The fraction of sp³-hybridized carbons (Fsp3) is 0.462. The van der Waals surface area contributed by atoms with Gasteiger partial charge in [-0.3, -0.25) is 4.79 Å². The Morgan fingerprint density at radius 3 is 2.82 bits per heavy atom. The summed E-state index contributed by atoms with van der Waals surface area (Å²) in [5.74, 6) is 0.602. The zero-order chi connectivity index (χ0) is 12.1. The maximum atomic E-state index is 11.6. The average Bonchev–Trinajstić information content (AvgIpc) is 2.31. The molecule has 0 radical (unpaired) electrons. The summed E-state index contributed by atoms with van der Waals surface area (Å²) in [5, 5.41) is 15.1. The molecule has 0 bridgehead atoms. The summed E-state index contributed by atoms with van der Waals surface area (Å²) in [6, 6.07) is 7.61. The number of aliphatic hydroxyl groups is 1. The van der Waals surface area contributed by atoms with Crippen molar-refractivity contribution in [2.45, 2.75) is 19.6 Å². The fourth-order valence-corrected chi connectivity index (χ4v) is 1.87. The number of amides is 1. The van der Waals surface area contributed by atoms with Crippen molar-refractivity contribution in [1.29, 1.82) is 0 Å². The van der Waals surface area contributed by atoms with E-state index in [1.807, 2.05) is 24.3 Å². The minimum atomic E-state index is 0.0372. The van der Waals surface area contributed by atoms with Crippen LogP contribution in [0.1, 0.15) is 17.5 Å². The van der Waals surface area contributed by atoms with Gasteiger partial charge in [-0.15, -0.1) is 0 Å². The first-order valence-corrected chi connectivity index (χ1v) is 5.94. The van der Waals surface area contributed by atoms with Gasteiger partial charge in [-0.1, -0.05) is 24.3 Å². The first kappa shape index (κ1) is 12.1. The van der Waals surface area contributed by atoms with Gasteiger partial charge in [0.25, 0.3) is 0 Å². The van der Waals surface area contributed by atoms with Crippen molar-refractivity contribution in [2.75, 3.05) is 13.1 Å². The molecule has 0 unspecified atom stereocenters. The normalized spacial score (nSPS) is 15.4. The third-order valence-electron chi connectivity index (χ3n) is 3.00. The van der Waals surface area contributed by atoms with Crippen LogP contribution in [0.2, 0.25) is 0 Å². The molecule has 0 aromatic heterocycles. The zero-order valence-electron chi connectivity index (χ0n) is 9.78. The summed E-state index contributed by atoms with van der Waals surface area (Å²) in [7, 11) is 0. The van der Waals surface area contributed by atoms with E-state index >= 15 is 0 Å². The number of benzene rings is 1. The summed E-state index contributed by atoms with van der Waals surface area (Å²) < 4.78 is 0. The van der Waals surface area contributed by atoms with Gasteiger partial charge in [0.15, 0.2) is 0 Å². The number of nitrogens with one attached hydrogen (secondary N) is 2. The van der Waals surface area contributed by atoms with Crippen molar-refractivity contribution < 1.29 is 9.90 Å². The molecule has 1 aromatic rings.